The first-order valence-electron chi connectivity index (χ1n) is 11.2. The summed E-state index contributed by atoms with van der Waals surface area (Å²) in [5.41, 5.74) is 5.28. The zero-order chi connectivity index (χ0) is 24.1. The highest BCUT2D eigenvalue weighted by atomic mass is 35.5. The largest absolute Gasteiger partial charge is 0.377 e. The van der Waals surface area contributed by atoms with E-state index in [4.69, 9.17) is 11.6 Å². The molecule has 0 saturated heterocycles. The van der Waals surface area contributed by atoms with E-state index in [9.17, 15) is 4.79 Å². The highest BCUT2D eigenvalue weighted by Gasteiger charge is 2.20. The molecule has 5 aromatic rings. The minimum Gasteiger partial charge on any atom is -0.377 e. The van der Waals surface area contributed by atoms with Crippen LogP contribution in [0, 0.1) is 6.92 Å². The Morgan fingerprint density at radius 3 is 2.62 bits per heavy atom. The summed E-state index contributed by atoms with van der Waals surface area (Å²) in [6, 6.07) is 7.66. The molecule has 0 radical (unpaired) electrons. The predicted octanol–water partition coefficient (Wildman–Crippen LogP) is 4.84. The molecule has 0 spiro atoms. The van der Waals surface area contributed by atoms with Crippen LogP contribution >= 0.6 is 11.6 Å². The molecule has 0 fully saturated rings. The summed E-state index contributed by atoms with van der Waals surface area (Å²) < 4.78 is 5.29. The molecule has 9 heteroatoms. The maximum atomic E-state index is 13.3. The molecule has 0 aliphatic carbocycles. The number of nitrogens with zero attached hydrogens (tertiary/aromatic N) is 6. The normalized spacial score (nSPS) is 12.5. The van der Waals surface area contributed by atoms with Gasteiger partial charge in [-0.15, -0.1) is 0 Å². The minimum atomic E-state index is -0.124. The third-order valence-corrected chi connectivity index (χ3v) is 6.44. The molecule has 1 atom stereocenters. The van der Waals surface area contributed by atoms with Crippen molar-refractivity contribution in [3.63, 3.8) is 0 Å². The van der Waals surface area contributed by atoms with Crippen LogP contribution in [0.3, 0.4) is 0 Å². The summed E-state index contributed by atoms with van der Waals surface area (Å²) in [6.45, 7) is 6.81. The molecule has 0 amide bonds. The van der Waals surface area contributed by atoms with Crippen LogP contribution in [0.15, 0.2) is 47.7 Å². The van der Waals surface area contributed by atoms with Gasteiger partial charge in [0.25, 0.3) is 5.56 Å². The standard InChI is InChI=1S/C25H26ClN7O/c1-6-33-24-19(12-28-33)22-17(9-14(2)10-18(22)25(34)32(24)5)15(3)29-20-7-8-21(26)30-23(20)16-11-27-31(4)13-16/h7-13,15,29H,6H2,1-5H3. The maximum absolute atomic E-state index is 13.3. The maximum Gasteiger partial charge on any atom is 0.259 e. The van der Waals surface area contributed by atoms with Crippen LogP contribution in [0.1, 0.15) is 31.0 Å². The summed E-state index contributed by atoms with van der Waals surface area (Å²) in [4.78, 5) is 17.9. The average molecular weight is 476 g/mol. The molecule has 174 valence electrons. The van der Waals surface area contributed by atoms with Crippen LogP contribution in [0.5, 0.6) is 0 Å². The lowest BCUT2D eigenvalue weighted by Gasteiger charge is -2.21. The number of benzene rings is 1. The highest BCUT2D eigenvalue weighted by molar-refractivity contribution is 6.29. The molecule has 5 rings (SSSR count). The minimum absolute atomic E-state index is 0.0286. The first-order chi connectivity index (χ1) is 16.3. The third kappa shape index (κ3) is 3.54. The van der Waals surface area contributed by atoms with E-state index < -0.39 is 0 Å². The van der Waals surface area contributed by atoms with Gasteiger partial charge in [-0.2, -0.15) is 10.2 Å². The number of fused-ring (bicyclic) bond motifs is 3. The summed E-state index contributed by atoms with van der Waals surface area (Å²) >= 11 is 6.23. The summed E-state index contributed by atoms with van der Waals surface area (Å²) in [5, 5.41) is 15.4. The lowest BCUT2D eigenvalue weighted by atomic mass is 9.95. The highest BCUT2D eigenvalue weighted by Crippen LogP contribution is 2.35. The fraction of sp³-hybridized carbons (Fsp3) is 0.280. The number of hydrogen-bond donors (Lipinski definition) is 1. The molecule has 0 saturated carbocycles. The quantitative estimate of drug-likeness (QED) is 0.368. The Morgan fingerprint density at radius 2 is 1.91 bits per heavy atom. The van der Waals surface area contributed by atoms with Crippen molar-refractivity contribution in [3.8, 4) is 11.3 Å². The van der Waals surface area contributed by atoms with E-state index in [1.807, 2.05) is 50.1 Å². The monoisotopic (exact) mass is 475 g/mol. The second-order valence-electron chi connectivity index (χ2n) is 8.64. The van der Waals surface area contributed by atoms with E-state index in [0.717, 1.165) is 44.5 Å². The molecule has 0 aliphatic heterocycles. The van der Waals surface area contributed by atoms with Gasteiger partial charge in [0.05, 0.1) is 23.8 Å². The van der Waals surface area contributed by atoms with Gasteiger partial charge in [0.15, 0.2) is 0 Å². The lowest BCUT2D eigenvalue weighted by molar-refractivity contribution is 0.659. The number of anilines is 1. The van der Waals surface area contributed by atoms with Gasteiger partial charge in [0, 0.05) is 54.6 Å². The lowest BCUT2D eigenvalue weighted by Crippen LogP contribution is -2.20. The van der Waals surface area contributed by atoms with Gasteiger partial charge in [0.1, 0.15) is 10.8 Å². The fourth-order valence-corrected chi connectivity index (χ4v) is 4.82. The topological polar surface area (TPSA) is 82.6 Å². The van der Waals surface area contributed by atoms with Crippen molar-refractivity contribution >= 4 is 39.1 Å². The average Bonchev–Trinajstić information content (AvgIpc) is 3.44. The van der Waals surface area contributed by atoms with E-state index in [2.05, 4.69) is 33.5 Å². The van der Waals surface area contributed by atoms with Crippen molar-refractivity contribution in [1.82, 2.24) is 29.1 Å². The Kier molecular flexibility index (Phi) is 5.40. The molecule has 34 heavy (non-hydrogen) atoms. The number of aryl methyl sites for hydroxylation is 4. The Labute approximate surface area is 201 Å². The van der Waals surface area contributed by atoms with Gasteiger partial charge < -0.3 is 5.32 Å². The van der Waals surface area contributed by atoms with Gasteiger partial charge in [-0.3, -0.25) is 14.0 Å². The van der Waals surface area contributed by atoms with E-state index >= 15 is 0 Å². The Balaban J connectivity index is 1.70. The molecule has 4 heterocycles. The zero-order valence-electron chi connectivity index (χ0n) is 19.8. The van der Waals surface area contributed by atoms with E-state index in [0.29, 0.717) is 17.1 Å². The Bertz CT molecular complexity index is 1610. The van der Waals surface area contributed by atoms with Crippen LogP contribution in [-0.4, -0.2) is 29.1 Å². The molecule has 1 aromatic carbocycles. The predicted molar refractivity (Wildman–Crippen MR) is 136 cm³/mol. The van der Waals surface area contributed by atoms with Gasteiger partial charge in [-0.1, -0.05) is 17.7 Å². The zero-order valence-corrected chi connectivity index (χ0v) is 20.6. The van der Waals surface area contributed by atoms with Crippen molar-refractivity contribution < 1.29 is 0 Å². The summed E-state index contributed by atoms with van der Waals surface area (Å²) in [6.07, 6.45) is 5.53. The van der Waals surface area contributed by atoms with Crippen LogP contribution in [-0.2, 0) is 20.6 Å². The summed E-state index contributed by atoms with van der Waals surface area (Å²) in [7, 11) is 3.67. The second-order valence-corrected chi connectivity index (χ2v) is 9.02. The van der Waals surface area contributed by atoms with Crippen LogP contribution in [0.25, 0.3) is 33.1 Å². The van der Waals surface area contributed by atoms with Crippen molar-refractivity contribution in [3.05, 3.63) is 69.5 Å². The van der Waals surface area contributed by atoms with Gasteiger partial charge >= 0.3 is 0 Å². The van der Waals surface area contributed by atoms with Crippen molar-refractivity contribution in [2.75, 3.05) is 5.32 Å². The molecule has 0 bridgehead atoms. The van der Waals surface area contributed by atoms with Crippen molar-refractivity contribution in [1.29, 1.82) is 0 Å². The van der Waals surface area contributed by atoms with E-state index in [1.54, 1.807) is 28.6 Å². The second kappa shape index (κ2) is 8.29. The number of aromatic nitrogens is 6. The molecular formula is C25H26ClN7O. The van der Waals surface area contributed by atoms with Crippen molar-refractivity contribution in [2.45, 2.75) is 33.4 Å². The molecule has 4 aromatic heterocycles. The van der Waals surface area contributed by atoms with Crippen LogP contribution < -0.4 is 10.9 Å². The Morgan fingerprint density at radius 1 is 1.12 bits per heavy atom. The number of nitrogens with one attached hydrogen (secondary N) is 1. The number of hydrogen-bond acceptors (Lipinski definition) is 5. The third-order valence-electron chi connectivity index (χ3n) is 6.22. The molecular weight excluding hydrogens is 450 g/mol. The summed E-state index contributed by atoms with van der Waals surface area (Å²) in [5.74, 6) is 0. The first kappa shape index (κ1) is 22.2. The van der Waals surface area contributed by atoms with Gasteiger partial charge in [-0.25, -0.2) is 9.67 Å². The number of pyridine rings is 2. The number of rotatable bonds is 5. The van der Waals surface area contributed by atoms with E-state index in [-0.39, 0.29) is 11.6 Å². The SMILES string of the molecule is CCn1ncc2c3c(C(C)Nc4ccc(Cl)nc4-c4cnn(C)c4)cc(C)cc3c(=O)n(C)c21. The van der Waals surface area contributed by atoms with Gasteiger partial charge in [0.2, 0.25) is 0 Å². The first-order valence-corrected chi connectivity index (χ1v) is 11.6. The fourth-order valence-electron chi connectivity index (χ4n) is 4.67. The molecule has 1 unspecified atom stereocenters. The van der Waals surface area contributed by atoms with Crippen molar-refractivity contribution in [2.24, 2.45) is 14.1 Å². The Hall–Kier alpha value is -3.65. The molecule has 8 nitrogen and oxygen atoms in total. The molecule has 1 N–H and O–H groups in total. The van der Waals surface area contributed by atoms with Gasteiger partial charge in [-0.05, 0) is 50.1 Å². The number of halogens is 1. The molecule has 0 aliphatic rings. The van der Waals surface area contributed by atoms with Crippen LogP contribution in [0.2, 0.25) is 5.15 Å². The van der Waals surface area contributed by atoms with Crippen LogP contribution in [0.4, 0.5) is 5.69 Å². The smallest absolute Gasteiger partial charge is 0.259 e. The van der Waals surface area contributed by atoms with E-state index in [1.165, 1.54) is 0 Å².